The standard InChI is InChI=1S/C72H47N3SSi/c1-4-20-53(21-5-1)77(54-22-6-2-7-23-54,55-24-8-3-9-25-55)56-26-18-19-50(45-56)73-67-33-16-12-29-59(67)62-47-52(38-40-68(62)73)75-69-41-37-51(74-65-31-14-10-27-57(65)58-28-11-15-32-66(58)74)46-63(69)60-39-35-49(44-70(60)75)48-36-42-72-64(43-48)61-30-13-17-34-71(61)76-72/h1-47H. The lowest BCUT2D eigenvalue weighted by Gasteiger charge is -2.34. The zero-order valence-electron chi connectivity index (χ0n) is 41.9. The number of thiophene rings is 1. The smallest absolute Gasteiger partial charge is 0.179 e. The molecule has 0 spiro atoms. The maximum Gasteiger partial charge on any atom is 0.179 e. The molecular weight excluding hydrogens is 967 g/mol. The first-order valence-electron chi connectivity index (χ1n) is 26.5. The van der Waals surface area contributed by atoms with Gasteiger partial charge in [-0.15, -0.1) is 11.3 Å². The van der Waals surface area contributed by atoms with Crippen molar-refractivity contribution in [1.29, 1.82) is 0 Å². The second-order valence-corrected chi connectivity index (χ2v) is 25.3. The van der Waals surface area contributed by atoms with Crippen LogP contribution in [0.4, 0.5) is 0 Å². The number of para-hydroxylation sites is 3. The first kappa shape index (κ1) is 43.8. The summed E-state index contributed by atoms with van der Waals surface area (Å²) >= 11 is 1.87. The third-order valence-electron chi connectivity index (χ3n) is 16.4. The van der Waals surface area contributed by atoms with E-state index in [2.05, 4.69) is 299 Å². The number of benzene rings is 12. The van der Waals surface area contributed by atoms with E-state index in [4.69, 9.17) is 0 Å². The summed E-state index contributed by atoms with van der Waals surface area (Å²) in [6.45, 7) is 0. The molecule has 0 atom stereocenters. The summed E-state index contributed by atoms with van der Waals surface area (Å²) in [6, 6.07) is 107. The summed E-state index contributed by atoms with van der Waals surface area (Å²) in [6.07, 6.45) is 0. The van der Waals surface area contributed by atoms with Gasteiger partial charge in [-0.25, -0.2) is 0 Å². The van der Waals surface area contributed by atoms with Crippen LogP contribution in [0.5, 0.6) is 0 Å². The molecule has 360 valence electrons. The summed E-state index contributed by atoms with van der Waals surface area (Å²) in [5, 5.41) is 15.4. The first-order valence-corrected chi connectivity index (χ1v) is 29.3. The minimum absolute atomic E-state index is 1.12. The Morgan fingerprint density at radius 1 is 0.221 bits per heavy atom. The van der Waals surface area contributed by atoms with Crippen LogP contribution in [0.3, 0.4) is 0 Å². The van der Waals surface area contributed by atoms with Gasteiger partial charge in [0.05, 0.1) is 33.1 Å². The number of rotatable bonds is 8. The van der Waals surface area contributed by atoms with Crippen LogP contribution in [0, 0.1) is 0 Å². The molecule has 5 heteroatoms. The lowest BCUT2D eigenvalue weighted by molar-refractivity contribution is 1.16. The number of hydrogen-bond donors (Lipinski definition) is 0. The van der Waals surface area contributed by atoms with Gasteiger partial charge in [-0.2, -0.15) is 0 Å². The third-order valence-corrected chi connectivity index (χ3v) is 22.3. The van der Waals surface area contributed by atoms with Crippen molar-refractivity contribution in [2.24, 2.45) is 0 Å². The zero-order valence-corrected chi connectivity index (χ0v) is 43.7. The van der Waals surface area contributed by atoms with Gasteiger partial charge in [-0.3, -0.25) is 0 Å². The molecule has 0 aliphatic heterocycles. The van der Waals surface area contributed by atoms with Crippen molar-refractivity contribution in [3.05, 3.63) is 285 Å². The van der Waals surface area contributed by atoms with Crippen LogP contribution in [-0.2, 0) is 0 Å². The third kappa shape index (κ3) is 6.61. The zero-order chi connectivity index (χ0) is 50.6. The second-order valence-electron chi connectivity index (χ2n) is 20.4. The highest BCUT2D eigenvalue weighted by molar-refractivity contribution is 7.25. The van der Waals surface area contributed by atoms with E-state index in [1.165, 1.54) is 117 Å². The van der Waals surface area contributed by atoms with E-state index >= 15 is 0 Å². The van der Waals surface area contributed by atoms with Gasteiger partial charge in [0.1, 0.15) is 0 Å². The molecule has 0 unspecified atom stereocenters. The van der Waals surface area contributed by atoms with Crippen molar-refractivity contribution in [2.45, 2.75) is 0 Å². The SMILES string of the molecule is c1ccc([Si](c2ccccc2)(c2ccccc2)c2cccc(-n3c4ccccc4c4cc(-n5c6ccc(-n7c8ccccc8c8ccccc87)cc6c6ccc(-c7ccc8sc9ccccc9c8c7)cc65)ccc43)c2)cc1. The number of hydrogen-bond acceptors (Lipinski definition) is 1. The second kappa shape index (κ2) is 17.3. The van der Waals surface area contributed by atoms with Crippen LogP contribution in [0.25, 0.3) is 114 Å². The molecule has 12 aromatic carbocycles. The average molecular weight is 1010 g/mol. The van der Waals surface area contributed by atoms with Crippen molar-refractivity contribution in [3.63, 3.8) is 0 Å². The Hall–Kier alpha value is -9.52. The Morgan fingerprint density at radius 2 is 0.623 bits per heavy atom. The molecule has 0 bridgehead atoms. The van der Waals surface area contributed by atoms with Gasteiger partial charge in [0.15, 0.2) is 8.07 Å². The first-order chi connectivity index (χ1) is 38.2. The van der Waals surface area contributed by atoms with E-state index in [9.17, 15) is 0 Å². The Morgan fingerprint density at radius 3 is 1.19 bits per heavy atom. The lowest BCUT2D eigenvalue weighted by Crippen LogP contribution is -2.74. The van der Waals surface area contributed by atoms with Crippen molar-refractivity contribution < 1.29 is 0 Å². The molecule has 16 aromatic rings. The van der Waals surface area contributed by atoms with E-state index in [1.807, 2.05) is 11.3 Å². The van der Waals surface area contributed by atoms with E-state index in [-0.39, 0.29) is 0 Å². The van der Waals surface area contributed by atoms with E-state index in [0.29, 0.717) is 0 Å². The van der Waals surface area contributed by atoms with Gasteiger partial charge in [0.2, 0.25) is 0 Å². The molecule has 0 N–H and O–H groups in total. The molecule has 0 saturated carbocycles. The lowest BCUT2D eigenvalue weighted by atomic mass is 10.0. The van der Waals surface area contributed by atoms with Crippen molar-refractivity contribution in [3.8, 4) is 28.2 Å². The van der Waals surface area contributed by atoms with Gasteiger partial charge in [0.25, 0.3) is 0 Å². The van der Waals surface area contributed by atoms with Crippen LogP contribution in [0.1, 0.15) is 0 Å². The summed E-state index contributed by atoms with van der Waals surface area (Å²) in [5.41, 5.74) is 12.9. The summed E-state index contributed by atoms with van der Waals surface area (Å²) in [5.74, 6) is 0. The average Bonchev–Trinajstić information content (AvgIpc) is 4.30. The summed E-state index contributed by atoms with van der Waals surface area (Å²) in [7, 11) is -2.80. The molecular formula is C72H47N3SSi. The fourth-order valence-electron chi connectivity index (χ4n) is 13.0. The molecule has 0 aliphatic rings. The van der Waals surface area contributed by atoms with Gasteiger partial charge in [0, 0.05) is 69.6 Å². The van der Waals surface area contributed by atoms with Crippen molar-refractivity contribution in [2.75, 3.05) is 0 Å². The Balaban J connectivity index is 0.918. The van der Waals surface area contributed by atoms with Crippen LogP contribution in [0.15, 0.2) is 285 Å². The van der Waals surface area contributed by atoms with Crippen LogP contribution < -0.4 is 20.7 Å². The largest absolute Gasteiger partial charge is 0.309 e. The highest BCUT2D eigenvalue weighted by Crippen LogP contribution is 2.42. The predicted molar refractivity (Wildman–Crippen MR) is 331 cm³/mol. The molecule has 4 heterocycles. The Bertz CT molecular complexity index is 4840. The predicted octanol–water partition coefficient (Wildman–Crippen LogP) is 16.4. The minimum atomic E-state index is -2.80. The van der Waals surface area contributed by atoms with Gasteiger partial charge in [-0.05, 0) is 123 Å². The topological polar surface area (TPSA) is 14.8 Å². The fraction of sp³-hybridized carbons (Fsp3) is 0. The molecule has 4 aromatic heterocycles. The van der Waals surface area contributed by atoms with E-state index in [1.54, 1.807) is 0 Å². The monoisotopic (exact) mass is 1010 g/mol. The van der Waals surface area contributed by atoms with E-state index in [0.717, 1.165) is 17.1 Å². The maximum atomic E-state index is 2.51. The Labute approximate surface area is 450 Å². The molecule has 0 radical (unpaired) electrons. The number of aromatic nitrogens is 3. The van der Waals surface area contributed by atoms with Crippen LogP contribution in [-0.4, -0.2) is 21.8 Å². The molecule has 16 rings (SSSR count). The normalized spacial score (nSPS) is 12.2. The molecule has 3 nitrogen and oxygen atoms in total. The number of nitrogens with zero attached hydrogens (tertiary/aromatic N) is 3. The van der Waals surface area contributed by atoms with Crippen LogP contribution >= 0.6 is 11.3 Å². The minimum Gasteiger partial charge on any atom is -0.309 e. The van der Waals surface area contributed by atoms with Crippen molar-refractivity contribution in [1.82, 2.24) is 13.7 Å². The highest BCUT2D eigenvalue weighted by Gasteiger charge is 2.41. The van der Waals surface area contributed by atoms with E-state index < -0.39 is 8.07 Å². The molecule has 77 heavy (non-hydrogen) atoms. The molecule has 0 fully saturated rings. The van der Waals surface area contributed by atoms with Crippen LogP contribution in [0.2, 0.25) is 0 Å². The molecule has 0 amide bonds. The quantitative estimate of drug-likeness (QED) is 0.106. The fourth-order valence-corrected chi connectivity index (χ4v) is 18.9. The van der Waals surface area contributed by atoms with Gasteiger partial charge >= 0.3 is 0 Å². The summed E-state index contributed by atoms with van der Waals surface area (Å²) < 4.78 is 10.1. The van der Waals surface area contributed by atoms with Crippen molar-refractivity contribution >= 4 is 126 Å². The summed E-state index contributed by atoms with van der Waals surface area (Å²) in [4.78, 5) is 0. The molecule has 0 saturated heterocycles. The highest BCUT2D eigenvalue weighted by atomic mass is 32.1. The van der Waals surface area contributed by atoms with Gasteiger partial charge < -0.3 is 13.7 Å². The van der Waals surface area contributed by atoms with Gasteiger partial charge in [-0.1, -0.05) is 194 Å². The molecule has 0 aliphatic carbocycles. The maximum absolute atomic E-state index is 2.80. The Kier molecular flexibility index (Phi) is 9.83. The number of fused-ring (bicyclic) bond motifs is 12.